The van der Waals surface area contributed by atoms with Crippen LogP contribution in [0.15, 0.2) is 29.3 Å². The molecule has 3 N–H and O–H groups in total. The molecule has 6 heteroatoms. The van der Waals surface area contributed by atoms with Crippen molar-refractivity contribution < 1.29 is 13.2 Å². The third-order valence-corrected chi connectivity index (χ3v) is 2.07. The van der Waals surface area contributed by atoms with Gasteiger partial charge in [-0.15, -0.1) is 0 Å². The third kappa shape index (κ3) is 4.03. The Morgan fingerprint density at radius 2 is 1.61 bits per heavy atom. The molecule has 0 amide bonds. The van der Waals surface area contributed by atoms with Gasteiger partial charge >= 0.3 is 6.18 Å². The minimum absolute atomic E-state index is 0.358. The molecule has 0 fully saturated rings. The SMILES string of the molecule is CC(C)(C)N=C(NN)c1ccc(C(F)(F)F)cc1. The number of nitrogens with zero attached hydrogens (tertiary/aromatic N) is 1. The zero-order chi connectivity index (χ0) is 14.0. The Balaban J connectivity index is 3.07. The molecular formula is C12H16F3N3. The van der Waals surface area contributed by atoms with Crippen LogP contribution in [0.1, 0.15) is 31.9 Å². The monoisotopic (exact) mass is 259 g/mol. The minimum atomic E-state index is -4.34. The van der Waals surface area contributed by atoms with Crippen molar-refractivity contribution in [3.63, 3.8) is 0 Å². The molecule has 0 radical (unpaired) electrons. The quantitative estimate of drug-likeness (QED) is 0.352. The van der Waals surface area contributed by atoms with E-state index >= 15 is 0 Å². The lowest BCUT2D eigenvalue weighted by molar-refractivity contribution is -0.137. The van der Waals surface area contributed by atoms with Gasteiger partial charge in [0.25, 0.3) is 0 Å². The number of nitrogens with two attached hydrogens (primary N) is 1. The van der Waals surface area contributed by atoms with Crippen LogP contribution in [0.2, 0.25) is 0 Å². The van der Waals surface area contributed by atoms with Crippen LogP contribution in [0.4, 0.5) is 13.2 Å². The molecule has 0 atom stereocenters. The van der Waals surface area contributed by atoms with Gasteiger partial charge in [-0.1, -0.05) is 12.1 Å². The van der Waals surface area contributed by atoms with Crippen molar-refractivity contribution in [2.75, 3.05) is 0 Å². The van der Waals surface area contributed by atoms with Crippen LogP contribution in [0, 0.1) is 0 Å². The van der Waals surface area contributed by atoms with Crippen molar-refractivity contribution >= 4 is 5.84 Å². The number of aliphatic imine (C=N–C) groups is 1. The average molecular weight is 259 g/mol. The highest BCUT2D eigenvalue weighted by Crippen LogP contribution is 2.29. The number of rotatable bonds is 1. The van der Waals surface area contributed by atoms with Gasteiger partial charge in [0.2, 0.25) is 0 Å². The molecule has 1 aromatic rings. The second-order valence-electron chi connectivity index (χ2n) is 4.85. The molecule has 1 rings (SSSR count). The summed E-state index contributed by atoms with van der Waals surface area (Å²) in [6.45, 7) is 5.61. The predicted molar refractivity (Wildman–Crippen MR) is 65.1 cm³/mol. The van der Waals surface area contributed by atoms with Crippen LogP contribution in [0.25, 0.3) is 0 Å². The summed E-state index contributed by atoms with van der Waals surface area (Å²) in [5, 5.41) is 0. The van der Waals surface area contributed by atoms with E-state index < -0.39 is 11.7 Å². The van der Waals surface area contributed by atoms with Gasteiger partial charge in [-0.25, -0.2) is 5.84 Å². The fourth-order valence-electron chi connectivity index (χ4n) is 1.33. The summed E-state index contributed by atoms with van der Waals surface area (Å²) in [5.41, 5.74) is 1.85. The number of hydrazine groups is 1. The maximum Gasteiger partial charge on any atom is 0.416 e. The summed E-state index contributed by atoms with van der Waals surface area (Å²) >= 11 is 0. The summed E-state index contributed by atoms with van der Waals surface area (Å²) in [6.07, 6.45) is -4.34. The summed E-state index contributed by atoms with van der Waals surface area (Å²) in [4.78, 5) is 4.29. The fraction of sp³-hybridized carbons (Fsp3) is 0.417. The maximum atomic E-state index is 12.4. The van der Waals surface area contributed by atoms with E-state index in [2.05, 4.69) is 10.4 Å². The summed E-state index contributed by atoms with van der Waals surface area (Å²) in [6, 6.07) is 4.69. The molecule has 0 saturated carbocycles. The molecule has 0 spiro atoms. The minimum Gasteiger partial charge on any atom is -0.308 e. The normalized spacial score (nSPS) is 13.6. The van der Waals surface area contributed by atoms with Gasteiger partial charge in [0.05, 0.1) is 11.1 Å². The second kappa shape index (κ2) is 4.97. The predicted octanol–water partition coefficient (Wildman–Crippen LogP) is 2.71. The molecule has 18 heavy (non-hydrogen) atoms. The first kappa shape index (κ1) is 14.5. The molecule has 0 heterocycles. The van der Waals surface area contributed by atoms with Crippen LogP contribution in [0.5, 0.6) is 0 Å². The van der Waals surface area contributed by atoms with Crippen LogP contribution in [-0.2, 0) is 6.18 Å². The van der Waals surface area contributed by atoms with Gasteiger partial charge in [-0.3, -0.25) is 4.99 Å². The maximum absolute atomic E-state index is 12.4. The standard InChI is InChI=1S/C12H16F3N3/c1-11(2,3)17-10(18-16)8-4-6-9(7-5-8)12(13,14)15/h4-7H,16H2,1-3H3,(H,17,18). The molecule has 1 aromatic carbocycles. The first-order valence-corrected chi connectivity index (χ1v) is 5.37. The Morgan fingerprint density at radius 3 is 1.94 bits per heavy atom. The van der Waals surface area contributed by atoms with E-state index in [1.165, 1.54) is 12.1 Å². The number of alkyl halides is 3. The highest BCUT2D eigenvalue weighted by molar-refractivity contribution is 5.98. The Morgan fingerprint density at radius 1 is 1.11 bits per heavy atom. The number of hydrogen-bond acceptors (Lipinski definition) is 2. The van der Waals surface area contributed by atoms with Gasteiger partial charge in [0.1, 0.15) is 5.84 Å². The van der Waals surface area contributed by atoms with Crippen molar-refractivity contribution in [3.05, 3.63) is 35.4 Å². The van der Waals surface area contributed by atoms with Crippen molar-refractivity contribution in [2.45, 2.75) is 32.5 Å². The molecule has 3 nitrogen and oxygen atoms in total. The Hall–Kier alpha value is -1.56. The topological polar surface area (TPSA) is 50.4 Å². The molecule has 0 aliphatic rings. The fourth-order valence-corrected chi connectivity index (χ4v) is 1.33. The van der Waals surface area contributed by atoms with Crippen LogP contribution >= 0.6 is 0 Å². The Kier molecular flexibility index (Phi) is 4.01. The molecule has 0 bridgehead atoms. The smallest absolute Gasteiger partial charge is 0.308 e. The van der Waals surface area contributed by atoms with Gasteiger partial charge in [-0.05, 0) is 32.9 Å². The van der Waals surface area contributed by atoms with E-state index in [-0.39, 0.29) is 5.54 Å². The van der Waals surface area contributed by atoms with Crippen molar-refractivity contribution in [1.29, 1.82) is 0 Å². The van der Waals surface area contributed by atoms with Crippen LogP contribution < -0.4 is 11.3 Å². The Bertz CT molecular complexity index is 427. The van der Waals surface area contributed by atoms with E-state index in [1.54, 1.807) is 0 Å². The van der Waals surface area contributed by atoms with Gasteiger partial charge in [-0.2, -0.15) is 13.2 Å². The molecule has 0 aliphatic carbocycles. The Labute approximate surface area is 104 Å². The number of nitrogens with one attached hydrogen (secondary N) is 1. The largest absolute Gasteiger partial charge is 0.416 e. The third-order valence-electron chi connectivity index (χ3n) is 2.07. The van der Waals surface area contributed by atoms with E-state index in [0.717, 1.165) is 12.1 Å². The first-order valence-electron chi connectivity index (χ1n) is 5.37. The number of halogens is 3. The van der Waals surface area contributed by atoms with Crippen molar-refractivity contribution in [1.82, 2.24) is 5.43 Å². The summed E-state index contributed by atoms with van der Waals surface area (Å²) in [5.74, 6) is 5.69. The molecule has 0 unspecified atom stereocenters. The number of amidine groups is 1. The van der Waals surface area contributed by atoms with E-state index in [4.69, 9.17) is 5.84 Å². The highest BCUT2D eigenvalue weighted by Gasteiger charge is 2.30. The van der Waals surface area contributed by atoms with Crippen LogP contribution in [-0.4, -0.2) is 11.4 Å². The van der Waals surface area contributed by atoms with E-state index in [1.807, 2.05) is 20.8 Å². The van der Waals surface area contributed by atoms with Crippen LogP contribution in [0.3, 0.4) is 0 Å². The summed E-state index contributed by atoms with van der Waals surface area (Å²) in [7, 11) is 0. The summed E-state index contributed by atoms with van der Waals surface area (Å²) < 4.78 is 37.2. The molecular weight excluding hydrogens is 243 g/mol. The first-order chi connectivity index (χ1) is 8.13. The molecule has 0 aromatic heterocycles. The van der Waals surface area contributed by atoms with Gasteiger partial charge in [0.15, 0.2) is 0 Å². The lowest BCUT2D eigenvalue weighted by atomic mass is 10.1. The lowest BCUT2D eigenvalue weighted by Crippen LogP contribution is -2.33. The van der Waals surface area contributed by atoms with Crippen molar-refractivity contribution in [2.24, 2.45) is 10.8 Å². The average Bonchev–Trinajstić information content (AvgIpc) is 2.24. The number of hydrogen-bond donors (Lipinski definition) is 2. The number of benzene rings is 1. The highest BCUT2D eigenvalue weighted by atomic mass is 19.4. The molecule has 0 saturated heterocycles. The zero-order valence-electron chi connectivity index (χ0n) is 10.5. The van der Waals surface area contributed by atoms with Crippen molar-refractivity contribution in [3.8, 4) is 0 Å². The molecule has 100 valence electrons. The lowest BCUT2D eigenvalue weighted by Gasteiger charge is -2.16. The second-order valence-corrected chi connectivity index (χ2v) is 4.85. The van der Waals surface area contributed by atoms with Gasteiger partial charge < -0.3 is 5.43 Å². The van der Waals surface area contributed by atoms with Gasteiger partial charge in [0, 0.05) is 5.56 Å². The molecule has 0 aliphatic heterocycles. The van der Waals surface area contributed by atoms with E-state index in [0.29, 0.717) is 11.4 Å². The van der Waals surface area contributed by atoms with E-state index in [9.17, 15) is 13.2 Å². The zero-order valence-corrected chi connectivity index (χ0v) is 10.5.